The number of aromatic nitrogens is 4. The Kier molecular flexibility index (Phi) is 4.54. The van der Waals surface area contributed by atoms with Crippen LogP contribution in [0, 0.1) is 10.5 Å². The molecule has 0 saturated carbocycles. The van der Waals surface area contributed by atoms with Crippen LogP contribution in [-0.2, 0) is 5.60 Å². The highest BCUT2D eigenvalue weighted by Gasteiger charge is 2.27. The van der Waals surface area contributed by atoms with E-state index in [1.807, 2.05) is 13.8 Å². The van der Waals surface area contributed by atoms with Gasteiger partial charge in [0.25, 0.3) is 0 Å². The van der Waals surface area contributed by atoms with Crippen LogP contribution in [0.25, 0.3) is 22.3 Å². The summed E-state index contributed by atoms with van der Waals surface area (Å²) in [5, 5.41) is 10.6. The van der Waals surface area contributed by atoms with Crippen molar-refractivity contribution in [1.29, 1.82) is 0 Å². The summed E-state index contributed by atoms with van der Waals surface area (Å²) in [5.41, 5.74) is 6.05. The first kappa shape index (κ1) is 18.8. The molecule has 0 fully saturated rings. The maximum absolute atomic E-state index is 14.8. The molecule has 2 heterocycles. The van der Waals surface area contributed by atoms with Gasteiger partial charge in [-0.2, -0.15) is 0 Å². The Bertz CT molecular complexity index is 1070. The Hall–Kier alpha value is -2.03. The summed E-state index contributed by atoms with van der Waals surface area (Å²) in [5.74, 6) is -0.0653. The van der Waals surface area contributed by atoms with Gasteiger partial charge in [-0.25, -0.2) is 14.4 Å². The van der Waals surface area contributed by atoms with Gasteiger partial charge >= 0.3 is 0 Å². The number of rotatable bonds is 3. The van der Waals surface area contributed by atoms with Gasteiger partial charge < -0.3 is 20.4 Å². The van der Waals surface area contributed by atoms with Crippen molar-refractivity contribution in [3.05, 3.63) is 33.4 Å². The van der Waals surface area contributed by atoms with Gasteiger partial charge in [0.2, 0.25) is 0 Å². The molecule has 4 N–H and O–H groups in total. The zero-order chi connectivity index (χ0) is 19.4. The first-order chi connectivity index (χ1) is 12.0. The molecule has 0 aliphatic carbocycles. The summed E-state index contributed by atoms with van der Waals surface area (Å²) >= 11 is 11.3. The first-order valence-corrected chi connectivity index (χ1v) is 8.79. The number of imidazole rings is 1. The van der Waals surface area contributed by atoms with Gasteiger partial charge in [0.15, 0.2) is 16.4 Å². The summed E-state index contributed by atoms with van der Waals surface area (Å²) in [4.78, 5) is 11.1. The molecule has 0 saturated heterocycles. The van der Waals surface area contributed by atoms with Crippen LogP contribution >= 0.6 is 23.8 Å². The Morgan fingerprint density at radius 3 is 2.58 bits per heavy atom. The number of fused-ring (bicyclic) bond motifs is 1. The zero-order valence-electron chi connectivity index (χ0n) is 14.8. The Balaban J connectivity index is 2.39. The molecule has 0 amide bonds. The lowest BCUT2D eigenvalue weighted by Crippen LogP contribution is -2.23. The lowest BCUT2D eigenvalue weighted by atomic mass is 10.1. The molecular formula is C17H19ClFN5OS. The fourth-order valence-corrected chi connectivity index (χ4v) is 3.33. The van der Waals surface area contributed by atoms with Gasteiger partial charge in [-0.15, -0.1) is 0 Å². The van der Waals surface area contributed by atoms with Gasteiger partial charge in [-0.3, -0.25) is 0 Å². The average Bonchev–Trinajstić information content (AvgIpc) is 2.91. The minimum absolute atomic E-state index is 0.0486. The van der Waals surface area contributed by atoms with E-state index >= 15 is 0 Å². The maximum atomic E-state index is 14.8. The van der Waals surface area contributed by atoms with Crippen molar-refractivity contribution >= 4 is 40.8 Å². The van der Waals surface area contributed by atoms with Crippen LogP contribution in [0.1, 0.15) is 39.6 Å². The third-order valence-electron chi connectivity index (χ3n) is 3.98. The maximum Gasteiger partial charge on any atom is 0.199 e. The van der Waals surface area contributed by atoms with Crippen LogP contribution in [0.4, 0.5) is 10.3 Å². The number of nitrogens with zero attached hydrogens (tertiary/aromatic N) is 3. The van der Waals surface area contributed by atoms with Crippen molar-refractivity contribution in [2.24, 2.45) is 0 Å². The summed E-state index contributed by atoms with van der Waals surface area (Å²) in [6.45, 7) is 7.10. The summed E-state index contributed by atoms with van der Waals surface area (Å²) < 4.78 is 16.8. The predicted molar refractivity (Wildman–Crippen MR) is 103 cm³/mol. The SMILES string of the molecule is CC(C)n1c(C(C)(C)O)nc2c(F)cc(-c3[nH]c(N)nc(=S)c3Cl)cc21. The van der Waals surface area contributed by atoms with Crippen LogP contribution < -0.4 is 5.73 Å². The lowest BCUT2D eigenvalue weighted by molar-refractivity contribution is 0.0641. The number of hydrogen-bond donors (Lipinski definition) is 3. The van der Waals surface area contributed by atoms with E-state index in [4.69, 9.17) is 29.6 Å². The predicted octanol–water partition coefficient (Wildman–Crippen LogP) is 4.34. The van der Waals surface area contributed by atoms with E-state index in [0.717, 1.165) is 0 Å². The second-order valence-electron chi connectivity index (χ2n) is 6.90. The normalized spacial score (nSPS) is 12.3. The van der Waals surface area contributed by atoms with E-state index in [0.29, 0.717) is 22.6 Å². The monoisotopic (exact) mass is 395 g/mol. The van der Waals surface area contributed by atoms with Crippen molar-refractivity contribution in [1.82, 2.24) is 19.5 Å². The largest absolute Gasteiger partial charge is 0.383 e. The Morgan fingerprint density at radius 1 is 1.35 bits per heavy atom. The van der Waals surface area contributed by atoms with Crippen molar-refractivity contribution in [3.8, 4) is 11.3 Å². The number of aromatic amines is 1. The molecule has 0 bridgehead atoms. The molecule has 6 nitrogen and oxygen atoms in total. The quantitative estimate of drug-likeness (QED) is 0.573. The van der Waals surface area contributed by atoms with Crippen molar-refractivity contribution in [2.75, 3.05) is 5.73 Å². The van der Waals surface area contributed by atoms with E-state index in [2.05, 4.69) is 15.0 Å². The summed E-state index contributed by atoms with van der Waals surface area (Å²) in [7, 11) is 0. The van der Waals surface area contributed by atoms with Crippen LogP contribution in [0.5, 0.6) is 0 Å². The smallest absolute Gasteiger partial charge is 0.199 e. The van der Waals surface area contributed by atoms with Crippen LogP contribution in [0.2, 0.25) is 5.02 Å². The molecule has 3 aromatic rings. The summed E-state index contributed by atoms with van der Waals surface area (Å²) in [6, 6.07) is 3.00. The fraction of sp³-hybridized carbons (Fsp3) is 0.353. The third kappa shape index (κ3) is 3.08. The number of nitrogen functional groups attached to an aromatic ring is 1. The van der Waals surface area contributed by atoms with Gasteiger partial charge in [0, 0.05) is 11.6 Å². The van der Waals surface area contributed by atoms with E-state index in [1.54, 1.807) is 24.5 Å². The number of hydrogen-bond acceptors (Lipinski definition) is 5. The zero-order valence-corrected chi connectivity index (χ0v) is 16.3. The highest BCUT2D eigenvalue weighted by Crippen LogP contribution is 2.34. The van der Waals surface area contributed by atoms with E-state index in [9.17, 15) is 9.50 Å². The molecule has 0 spiro atoms. The molecule has 2 aromatic heterocycles. The van der Waals surface area contributed by atoms with Crippen LogP contribution in [-0.4, -0.2) is 24.6 Å². The third-order valence-corrected chi connectivity index (χ3v) is 4.76. The highest BCUT2D eigenvalue weighted by atomic mass is 35.5. The highest BCUT2D eigenvalue weighted by molar-refractivity contribution is 7.71. The molecule has 3 rings (SSSR count). The Labute approximate surface area is 159 Å². The molecular weight excluding hydrogens is 377 g/mol. The molecule has 0 unspecified atom stereocenters. The van der Waals surface area contributed by atoms with E-state index in [1.165, 1.54) is 6.07 Å². The van der Waals surface area contributed by atoms with Gasteiger partial charge in [-0.1, -0.05) is 23.8 Å². The van der Waals surface area contributed by atoms with Crippen LogP contribution in [0.3, 0.4) is 0 Å². The fourth-order valence-electron chi connectivity index (χ4n) is 2.93. The average molecular weight is 396 g/mol. The minimum Gasteiger partial charge on any atom is -0.383 e. The molecule has 0 aliphatic heterocycles. The Morgan fingerprint density at radius 2 is 2.00 bits per heavy atom. The summed E-state index contributed by atoms with van der Waals surface area (Å²) in [6.07, 6.45) is 0. The number of H-pyrrole nitrogens is 1. The van der Waals surface area contributed by atoms with Crippen molar-refractivity contribution in [2.45, 2.75) is 39.3 Å². The molecule has 0 radical (unpaired) electrons. The lowest BCUT2D eigenvalue weighted by Gasteiger charge is -2.21. The molecule has 0 atom stereocenters. The second kappa shape index (κ2) is 6.29. The molecule has 138 valence electrons. The van der Waals surface area contributed by atoms with Gasteiger partial charge in [0.1, 0.15) is 22.0 Å². The molecule has 0 aliphatic rings. The topological polar surface area (TPSA) is 92.8 Å². The molecule has 1 aromatic carbocycles. The minimum atomic E-state index is -1.23. The number of aliphatic hydroxyl groups is 1. The number of benzene rings is 1. The van der Waals surface area contributed by atoms with Crippen LogP contribution in [0.15, 0.2) is 12.1 Å². The van der Waals surface area contributed by atoms with Crippen molar-refractivity contribution < 1.29 is 9.50 Å². The standard InChI is InChI=1S/C17H19ClFN5OS/c1-7(2)24-10-6-8(12-11(18)14(26)23-16(20)22-12)5-9(19)13(10)21-15(24)17(3,4)25/h5-7,25H,1-4H3,(H3,20,22,23,26). The van der Waals surface area contributed by atoms with Gasteiger partial charge in [-0.05, 0) is 39.8 Å². The number of nitrogens with two attached hydrogens (primary N) is 1. The molecule has 26 heavy (non-hydrogen) atoms. The number of nitrogens with one attached hydrogen (secondary N) is 1. The number of halogens is 2. The van der Waals surface area contributed by atoms with Crippen molar-refractivity contribution in [3.63, 3.8) is 0 Å². The van der Waals surface area contributed by atoms with Gasteiger partial charge in [0.05, 0.1) is 11.2 Å². The first-order valence-electron chi connectivity index (χ1n) is 8.00. The number of anilines is 1. The molecule has 9 heteroatoms. The van der Waals surface area contributed by atoms with E-state index < -0.39 is 11.4 Å². The van der Waals surface area contributed by atoms with E-state index in [-0.39, 0.29) is 27.2 Å². The second-order valence-corrected chi connectivity index (χ2v) is 7.66.